The molecule has 4 nitrogen and oxygen atoms in total. The predicted molar refractivity (Wildman–Crippen MR) is 59.1 cm³/mol. The standard InChI is InChI=1S/C11H20FNO3/c1-3-4-7-16-11(15)13-9(2)5-6-10(14)8-12/h9H,3-8H2,1-2H3,(H,13,15). The van der Waals surface area contributed by atoms with Crippen molar-refractivity contribution >= 4 is 11.9 Å². The van der Waals surface area contributed by atoms with E-state index in [1.165, 1.54) is 0 Å². The maximum atomic E-state index is 11.8. The molecule has 0 aromatic rings. The molecule has 1 unspecified atom stereocenters. The maximum Gasteiger partial charge on any atom is 0.407 e. The second-order valence-electron chi connectivity index (χ2n) is 3.75. The van der Waals surface area contributed by atoms with Crippen molar-refractivity contribution in [1.82, 2.24) is 5.32 Å². The Labute approximate surface area is 95.5 Å². The van der Waals surface area contributed by atoms with E-state index in [0.717, 1.165) is 12.8 Å². The van der Waals surface area contributed by atoms with Crippen molar-refractivity contribution in [2.45, 2.75) is 45.6 Å². The minimum Gasteiger partial charge on any atom is -0.450 e. The fourth-order valence-corrected chi connectivity index (χ4v) is 1.07. The van der Waals surface area contributed by atoms with E-state index >= 15 is 0 Å². The van der Waals surface area contributed by atoms with Crippen LogP contribution in [0, 0.1) is 0 Å². The third-order valence-electron chi connectivity index (χ3n) is 2.10. The molecule has 5 heteroatoms. The molecule has 0 fully saturated rings. The number of hydrogen-bond donors (Lipinski definition) is 1. The van der Waals surface area contributed by atoms with Crippen molar-refractivity contribution in [3.8, 4) is 0 Å². The van der Waals surface area contributed by atoms with Crippen LogP contribution < -0.4 is 5.32 Å². The molecule has 1 N–H and O–H groups in total. The van der Waals surface area contributed by atoms with Crippen molar-refractivity contribution in [3.63, 3.8) is 0 Å². The number of alkyl carbamates (subject to hydrolysis) is 1. The van der Waals surface area contributed by atoms with Crippen LogP contribution in [0.25, 0.3) is 0 Å². The first kappa shape index (κ1) is 14.9. The van der Waals surface area contributed by atoms with E-state index in [1.807, 2.05) is 6.92 Å². The molecule has 0 aliphatic rings. The first-order valence-electron chi connectivity index (χ1n) is 5.61. The lowest BCUT2D eigenvalue weighted by atomic mass is 10.1. The lowest BCUT2D eigenvalue weighted by molar-refractivity contribution is -0.120. The highest BCUT2D eigenvalue weighted by Gasteiger charge is 2.10. The maximum absolute atomic E-state index is 11.8. The van der Waals surface area contributed by atoms with E-state index < -0.39 is 18.6 Å². The van der Waals surface area contributed by atoms with Gasteiger partial charge in [-0.2, -0.15) is 0 Å². The molecule has 0 saturated heterocycles. The highest BCUT2D eigenvalue weighted by Crippen LogP contribution is 1.99. The number of nitrogens with one attached hydrogen (secondary N) is 1. The van der Waals surface area contributed by atoms with Gasteiger partial charge in [0.1, 0.15) is 6.67 Å². The third-order valence-corrected chi connectivity index (χ3v) is 2.10. The van der Waals surface area contributed by atoms with E-state index in [4.69, 9.17) is 4.74 Å². The predicted octanol–water partition coefficient (Wildman–Crippen LogP) is 2.22. The molecule has 0 radical (unpaired) electrons. The molecular weight excluding hydrogens is 213 g/mol. The molecule has 16 heavy (non-hydrogen) atoms. The Kier molecular flexibility index (Phi) is 8.48. The zero-order valence-electron chi connectivity index (χ0n) is 9.92. The van der Waals surface area contributed by atoms with Crippen molar-refractivity contribution < 1.29 is 18.7 Å². The Morgan fingerprint density at radius 2 is 2.12 bits per heavy atom. The van der Waals surface area contributed by atoms with Crippen LogP contribution in [0.5, 0.6) is 0 Å². The van der Waals surface area contributed by atoms with Crippen molar-refractivity contribution in [2.75, 3.05) is 13.3 Å². The number of ether oxygens (including phenoxy) is 1. The van der Waals surface area contributed by atoms with Crippen molar-refractivity contribution in [3.05, 3.63) is 0 Å². The van der Waals surface area contributed by atoms with Gasteiger partial charge >= 0.3 is 6.09 Å². The Bertz CT molecular complexity index is 221. The minimum atomic E-state index is -0.937. The van der Waals surface area contributed by atoms with Crippen LogP contribution in [0.1, 0.15) is 39.5 Å². The van der Waals surface area contributed by atoms with Crippen molar-refractivity contribution in [1.29, 1.82) is 0 Å². The van der Waals surface area contributed by atoms with Crippen LogP contribution in [-0.4, -0.2) is 31.2 Å². The summed E-state index contributed by atoms with van der Waals surface area (Å²) in [6, 6.07) is -0.176. The van der Waals surface area contributed by atoms with Crippen LogP contribution >= 0.6 is 0 Å². The lowest BCUT2D eigenvalue weighted by Crippen LogP contribution is -2.33. The number of rotatable bonds is 8. The van der Waals surface area contributed by atoms with Crippen molar-refractivity contribution in [2.24, 2.45) is 0 Å². The number of Topliss-reactive ketones (excluding diaryl/α,β-unsaturated/α-hetero) is 1. The summed E-state index contributed by atoms with van der Waals surface area (Å²) >= 11 is 0. The molecule has 0 aliphatic heterocycles. The van der Waals surface area contributed by atoms with E-state index in [1.54, 1.807) is 6.92 Å². The number of carbonyl (C=O) groups is 2. The smallest absolute Gasteiger partial charge is 0.407 e. The molecule has 0 spiro atoms. The fraction of sp³-hybridized carbons (Fsp3) is 0.818. The van der Waals surface area contributed by atoms with Gasteiger partial charge in [0.25, 0.3) is 0 Å². The van der Waals surface area contributed by atoms with Gasteiger partial charge in [-0.05, 0) is 19.8 Å². The Morgan fingerprint density at radius 3 is 2.69 bits per heavy atom. The third kappa shape index (κ3) is 8.20. The molecule has 1 atom stereocenters. The van der Waals surface area contributed by atoms with Crippen LogP contribution in [0.4, 0.5) is 9.18 Å². The first-order chi connectivity index (χ1) is 7.60. The SMILES string of the molecule is CCCCOC(=O)NC(C)CCC(=O)CF. The Hall–Kier alpha value is -1.13. The van der Waals surface area contributed by atoms with Gasteiger partial charge < -0.3 is 10.1 Å². The summed E-state index contributed by atoms with van der Waals surface area (Å²) < 4.78 is 16.7. The van der Waals surface area contributed by atoms with Crippen LogP contribution in [0.3, 0.4) is 0 Å². The van der Waals surface area contributed by atoms with Crippen LogP contribution in [0.15, 0.2) is 0 Å². The number of amides is 1. The number of halogens is 1. The summed E-state index contributed by atoms with van der Waals surface area (Å²) in [7, 11) is 0. The van der Waals surface area contributed by atoms with E-state index in [-0.39, 0.29) is 12.5 Å². The summed E-state index contributed by atoms with van der Waals surface area (Å²) in [5, 5.41) is 2.58. The van der Waals surface area contributed by atoms with E-state index in [0.29, 0.717) is 13.0 Å². The zero-order chi connectivity index (χ0) is 12.4. The Morgan fingerprint density at radius 1 is 1.44 bits per heavy atom. The summed E-state index contributed by atoms with van der Waals surface area (Å²) in [6.45, 7) is 3.23. The first-order valence-corrected chi connectivity index (χ1v) is 5.61. The lowest BCUT2D eigenvalue weighted by Gasteiger charge is -2.12. The molecule has 0 bridgehead atoms. The summed E-state index contributed by atoms with van der Waals surface area (Å²) in [5.41, 5.74) is 0. The second-order valence-corrected chi connectivity index (χ2v) is 3.75. The molecule has 94 valence electrons. The van der Waals surface area contributed by atoms with E-state index in [9.17, 15) is 14.0 Å². The summed E-state index contributed by atoms with van der Waals surface area (Å²) in [6.07, 6.45) is 1.91. The molecule has 0 aromatic carbocycles. The minimum absolute atomic E-state index is 0.146. The molecule has 1 amide bonds. The molecule has 0 heterocycles. The quantitative estimate of drug-likeness (QED) is 0.654. The molecule has 0 saturated carbocycles. The number of carbonyl (C=O) groups excluding carboxylic acids is 2. The molecule has 0 aromatic heterocycles. The number of alkyl halides is 1. The highest BCUT2D eigenvalue weighted by atomic mass is 19.1. The molecule has 0 rings (SSSR count). The molecular formula is C11H20FNO3. The van der Waals surface area contributed by atoms with Gasteiger partial charge in [0.2, 0.25) is 0 Å². The van der Waals surface area contributed by atoms with Crippen LogP contribution in [0.2, 0.25) is 0 Å². The number of unbranched alkanes of at least 4 members (excludes halogenated alkanes) is 1. The van der Waals surface area contributed by atoms with Gasteiger partial charge in [0, 0.05) is 12.5 Å². The van der Waals surface area contributed by atoms with Gasteiger partial charge in [-0.25, -0.2) is 9.18 Å². The number of hydrogen-bond acceptors (Lipinski definition) is 3. The fourth-order valence-electron chi connectivity index (χ4n) is 1.07. The van der Waals surface area contributed by atoms with E-state index in [2.05, 4.69) is 5.32 Å². The van der Waals surface area contributed by atoms with Gasteiger partial charge in [-0.1, -0.05) is 13.3 Å². The monoisotopic (exact) mass is 233 g/mol. The highest BCUT2D eigenvalue weighted by molar-refractivity contribution is 5.79. The summed E-state index contributed by atoms with van der Waals surface area (Å²) in [5.74, 6) is -0.437. The summed E-state index contributed by atoms with van der Waals surface area (Å²) in [4.78, 5) is 21.8. The largest absolute Gasteiger partial charge is 0.450 e. The zero-order valence-corrected chi connectivity index (χ0v) is 9.92. The van der Waals surface area contributed by atoms with Gasteiger partial charge in [-0.3, -0.25) is 4.79 Å². The average Bonchev–Trinajstić information content (AvgIpc) is 2.26. The number of ketones is 1. The Balaban J connectivity index is 3.57. The van der Waals surface area contributed by atoms with Gasteiger partial charge in [0.05, 0.1) is 6.61 Å². The molecule has 0 aliphatic carbocycles. The van der Waals surface area contributed by atoms with Gasteiger partial charge in [-0.15, -0.1) is 0 Å². The van der Waals surface area contributed by atoms with Gasteiger partial charge in [0.15, 0.2) is 5.78 Å². The average molecular weight is 233 g/mol. The van der Waals surface area contributed by atoms with Crippen LogP contribution in [-0.2, 0) is 9.53 Å². The normalized spacial score (nSPS) is 11.9. The topological polar surface area (TPSA) is 55.4 Å². The second kappa shape index (κ2) is 9.12.